The van der Waals surface area contributed by atoms with E-state index in [0.717, 1.165) is 12.8 Å². The Kier molecular flexibility index (Phi) is 5.36. The molecule has 0 saturated heterocycles. The van der Waals surface area contributed by atoms with E-state index in [2.05, 4.69) is 13.8 Å². The molecule has 4 nitrogen and oxygen atoms in total. The van der Waals surface area contributed by atoms with Gasteiger partial charge in [0.05, 0.1) is 17.7 Å². The van der Waals surface area contributed by atoms with Crippen LogP contribution in [0.4, 0.5) is 0 Å². The van der Waals surface area contributed by atoms with Crippen molar-refractivity contribution in [2.45, 2.75) is 26.7 Å². The van der Waals surface area contributed by atoms with Crippen LogP contribution < -0.4 is 0 Å². The average Bonchev–Trinajstić information content (AvgIpc) is 2.38. The van der Waals surface area contributed by atoms with Crippen molar-refractivity contribution < 1.29 is 19.4 Å². The van der Waals surface area contributed by atoms with Gasteiger partial charge >= 0.3 is 11.9 Å². The number of carbonyl (C=O) groups is 2. The Morgan fingerprint density at radius 1 is 1.33 bits per heavy atom. The van der Waals surface area contributed by atoms with Crippen molar-refractivity contribution in [3.05, 3.63) is 35.4 Å². The fourth-order valence-electron chi connectivity index (χ4n) is 1.42. The van der Waals surface area contributed by atoms with Crippen LogP contribution >= 0.6 is 0 Å². The number of esters is 1. The van der Waals surface area contributed by atoms with Gasteiger partial charge in [0.2, 0.25) is 0 Å². The molecule has 0 aliphatic heterocycles. The smallest absolute Gasteiger partial charge is 0.338 e. The third-order valence-corrected chi connectivity index (χ3v) is 2.89. The second-order valence-electron chi connectivity index (χ2n) is 4.32. The molecule has 0 amide bonds. The lowest BCUT2D eigenvalue weighted by Crippen LogP contribution is -2.09. The summed E-state index contributed by atoms with van der Waals surface area (Å²) in [4.78, 5) is 22.4. The molecule has 0 radical (unpaired) electrons. The predicted molar refractivity (Wildman–Crippen MR) is 67.8 cm³/mol. The number of rotatable bonds is 6. The monoisotopic (exact) mass is 250 g/mol. The van der Waals surface area contributed by atoms with Crippen LogP contribution in [0.5, 0.6) is 0 Å². The van der Waals surface area contributed by atoms with Gasteiger partial charge in [0.25, 0.3) is 0 Å². The molecule has 1 rings (SSSR count). The number of carboxylic acids is 1. The van der Waals surface area contributed by atoms with Crippen LogP contribution in [0.2, 0.25) is 0 Å². The van der Waals surface area contributed by atoms with E-state index in [4.69, 9.17) is 9.84 Å². The van der Waals surface area contributed by atoms with Crippen molar-refractivity contribution in [2.75, 3.05) is 6.61 Å². The molecule has 0 saturated carbocycles. The molecule has 0 heterocycles. The van der Waals surface area contributed by atoms with Gasteiger partial charge < -0.3 is 9.84 Å². The first-order valence-electron chi connectivity index (χ1n) is 6.05. The highest BCUT2D eigenvalue weighted by Gasteiger charge is 2.11. The fraction of sp³-hybridized carbons (Fsp3) is 0.429. The summed E-state index contributed by atoms with van der Waals surface area (Å²) in [5, 5.41) is 8.82. The number of hydrogen-bond acceptors (Lipinski definition) is 3. The molecule has 1 atom stereocenters. The van der Waals surface area contributed by atoms with Crippen molar-refractivity contribution in [1.29, 1.82) is 0 Å². The number of hydrogen-bond donors (Lipinski definition) is 1. The highest BCUT2D eigenvalue weighted by atomic mass is 16.5. The lowest BCUT2D eigenvalue weighted by molar-refractivity contribution is 0.0485. The van der Waals surface area contributed by atoms with Crippen LogP contribution in [0.1, 0.15) is 47.4 Å². The lowest BCUT2D eigenvalue weighted by Gasteiger charge is -2.09. The first-order chi connectivity index (χ1) is 8.54. The van der Waals surface area contributed by atoms with Crippen LogP contribution in [0, 0.1) is 5.92 Å². The van der Waals surface area contributed by atoms with Crippen molar-refractivity contribution >= 4 is 11.9 Å². The Balaban J connectivity index is 2.56. The number of aromatic carboxylic acids is 1. The Morgan fingerprint density at radius 2 is 2.00 bits per heavy atom. The molecule has 1 N–H and O–H groups in total. The second-order valence-corrected chi connectivity index (χ2v) is 4.32. The summed E-state index contributed by atoms with van der Waals surface area (Å²) in [6, 6.07) is 5.86. The minimum Gasteiger partial charge on any atom is -0.478 e. The Bertz CT molecular complexity index is 426. The van der Waals surface area contributed by atoms with Gasteiger partial charge in [-0.15, -0.1) is 0 Å². The standard InChI is InChI=1S/C14H18O4/c1-3-10(2)7-8-18-14(17)12-6-4-5-11(9-12)13(15)16/h4-6,9-10H,3,7-8H2,1-2H3,(H,15,16). The number of benzene rings is 1. The maximum Gasteiger partial charge on any atom is 0.338 e. The quantitative estimate of drug-likeness (QED) is 0.788. The molecule has 4 heteroatoms. The van der Waals surface area contributed by atoms with Crippen molar-refractivity contribution in [3.63, 3.8) is 0 Å². The molecule has 0 aromatic heterocycles. The topological polar surface area (TPSA) is 63.6 Å². The molecular formula is C14H18O4. The van der Waals surface area contributed by atoms with E-state index < -0.39 is 11.9 Å². The van der Waals surface area contributed by atoms with Crippen molar-refractivity contribution in [2.24, 2.45) is 5.92 Å². The molecule has 0 spiro atoms. The molecular weight excluding hydrogens is 232 g/mol. The van der Waals surface area contributed by atoms with E-state index in [0.29, 0.717) is 12.5 Å². The van der Waals surface area contributed by atoms with E-state index in [-0.39, 0.29) is 11.1 Å². The summed E-state index contributed by atoms with van der Waals surface area (Å²) in [7, 11) is 0. The summed E-state index contributed by atoms with van der Waals surface area (Å²) < 4.78 is 5.10. The minimum atomic E-state index is -1.05. The van der Waals surface area contributed by atoms with E-state index >= 15 is 0 Å². The summed E-state index contributed by atoms with van der Waals surface area (Å²) in [5.74, 6) is -1.01. The molecule has 98 valence electrons. The summed E-state index contributed by atoms with van der Waals surface area (Å²) >= 11 is 0. The van der Waals surface area contributed by atoms with E-state index in [9.17, 15) is 9.59 Å². The summed E-state index contributed by atoms with van der Waals surface area (Å²) in [6.45, 7) is 4.55. The molecule has 1 aromatic rings. The maximum absolute atomic E-state index is 11.7. The summed E-state index contributed by atoms with van der Waals surface area (Å²) in [6.07, 6.45) is 1.87. The van der Waals surface area contributed by atoms with Gasteiger partial charge in [-0.25, -0.2) is 9.59 Å². The zero-order valence-electron chi connectivity index (χ0n) is 10.7. The zero-order valence-corrected chi connectivity index (χ0v) is 10.7. The second kappa shape index (κ2) is 6.79. The van der Waals surface area contributed by atoms with Crippen molar-refractivity contribution in [3.8, 4) is 0 Å². The average molecular weight is 250 g/mol. The molecule has 0 fully saturated rings. The van der Waals surface area contributed by atoms with Crippen LogP contribution in [-0.4, -0.2) is 23.7 Å². The molecule has 0 bridgehead atoms. The third kappa shape index (κ3) is 4.20. The number of carboxylic acid groups (broad SMARTS) is 1. The molecule has 0 aliphatic rings. The largest absolute Gasteiger partial charge is 0.478 e. The predicted octanol–water partition coefficient (Wildman–Crippen LogP) is 2.98. The highest BCUT2D eigenvalue weighted by molar-refractivity contribution is 5.94. The molecule has 0 aliphatic carbocycles. The molecule has 1 aromatic carbocycles. The van der Waals surface area contributed by atoms with Gasteiger partial charge in [0.1, 0.15) is 0 Å². The van der Waals surface area contributed by atoms with Crippen LogP contribution in [0.3, 0.4) is 0 Å². The SMILES string of the molecule is CCC(C)CCOC(=O)c1cccc(C(=O)O)c1. The van der Waals surface area contributed by atoms with Gasteiger partial charge in [-0.2, -0.15) is 0 Å². The minimum absolute atomic E-state index is 0.0892. The maximum atomic E-state index is 11.7. The van der Waals surface area contributed by atoms with Crippen LogP contribution in [-0.2, 0) is 4.74 Å². The van der Waals surface area contributed by atoms with Crippen LogP contribution in [0.15, 0.2) is 24.3 Å². The Morgan fingerprint density at radius 3 is 2.61 bits per heavy atom. The number of ether oxygens (including phenoxy) is 1. The fourth-order valence-corrected chi connectivity index (χ4v) is 1.42. The van der Waals surface area contributed by atoms with Crippen LogP contribution in [0.25, 0.3) is 0 Å². The van der Waals surface area contributed by atoms with Crippen molar-refractivity contribution in [1.82, 2.24) is 0 Å². The Labute approximate surface area is 107 Å². The van der Waals surface area contributed by atoms with E-state index in [1.165, 1.54) is 18.2 Å². The normalized spacial score (nSPS) is 11.9. The van der Waals surface area contributed by atoms with Gasteiger partial charge in [0.15, 0.2) is 0 Å². The van der Waals surface area contributed by atoms with Gasteiger partial charge in [-0.1, -0.05) is 26.3 Å². The third-order valence-electron chi connectivity index (χ3n) is 2.89. The lowest BCUT2D eigenvalue weighted by atomic mass is 10.1. The Hall–Kier alpha value is -1.84. The zero-order chi connectivity index (χ0) is 13.5. The van der Waals surface area contributed by atoms with Gasteiger partial charge in [-0.05, 0) is 30.5 Å². The molecule has 18 heavy (non-hydrogen) atoms. The van der Waals surface area contributed by atoms with Gasteiger partial charge in [0, 0.05) is 0 Å². The van der Waals surface area contributed by atoms with E-state index in [1.54, 1.807) is 6.07 Å². The highest BCUT2D eigenvalue weighted by Crippen LogP contribution is 2.09. The number of carbonyl (C=O) groups excluding carboxylic acids is 1. The molecule has 1 unspecified atom stereocenters. The first-order valence-corrected chi connectivity index (χ1v) is 6.05. The van der Waals surface area contributed by atoms with E-state index in [1.807, 2.05) is 0 Å². The first kappa shape index (κ1) is 14.2. The summed E-state index contributed by atoms with van der Waals surface area (Å²) in [5.41, 5.74) is 0.366. The van der Waals surface area contributed by atoms with Gasteiger partial charge in [-0.3, -0.25) is 0 Å².